The van der Waals surface area contributed by atoms with Gasteiger partial charge in [0, 0.05) is 45.6 Å². The minimum absolute atomic E-state index is 0.119. The number of nitrogens with two attached hydrogens (primary N) is 1. The molecule has 2 aromatic rings. The molecule has 1 aliphatic rings. The number of methoxy groups -OCH3 is 1. The molecule has 0 bridgehead atoms. The summed E-state index contributed by atoms with van der Waals surface area (Å²) in [4.78, 5) is 18.3. The average molecular weight is 357 g/mol. The molecule has 2 heterocycles. The molecule has 4 N–H and O–H groups in total. The van der Waals surface area contributed by atoms with E-state index in [0.29, 0.717) is 29.5 Å². The van der Waals surface area contributed by atoms with Crippen LogP contribution in [0.2, 0.25) is 0 Å². The molecule has 1 aliphatic heterocycles. The van der Waals surface area contributed by atoms with E-state index in [0.717, 1.165) is 18.8 Å². The van der Waals surface area contributed by atoms with Crippen molar-refractivity contribution in [2.24, 2.45) is 0 Å². The number of likely N-dealkylation sites (tertiary alicyclic amines) is 1. The Kier molecular flexibility index (Phi) is 5.55. The standard InChI is InChI=1S/C18H23N5O3/c1-20-16-4-3-12(7-15(16)19)26-13-5-6-21-17(8-13)22-18(24)11-23-9-14(10-23)25-2/h3-8,14,20H,9-11,19H2,1-2H3,(H,21,22,24). The first-order chi connectivity index (χ1) is 12.6. The van der Waals surface area contributed by atoms with Gasteiger partial charge in [0.15, 0.2) is 0 Å². The second-order valence-electron chi connectivity index (χ2n) is 6.08. The van der Waals surface area contributed by atoms with E-state index in [2.05, 4.69) is 15.6 Å². The van der Waals surface area contributed by atoms with E-state index in [9.17, 15) is 4.79 Å². The van der Waals surface area contributed by atoms with E-state index in [1.54, 1.807) is 38.6 Å². The van der Waals surface area contributed by atoms with Crippen LogP contribution in [-0.2, 0) is 9.53 Å². The van der Waals surface area contributed by atoms with Crippen molar-refractivity contribution >= 4 is 23.1 Å². The van der Waals surface area contributed by atoms with Crippen LogP contribution in [0.5, 0.6) is 11.5 Å². The maximum absolute atomic E-state index is 12.1. The minimum atomic E-state index is -0.119. The molecular formula is C18H23N5O3. The van der Waals surface area contributed by atoms with E-state index in [1.807, 2.05) is 17.0 Å². The Balaban J connectivity index is 1.57. The number of nitrogen functional groups attached to an aromatic ring is 1. The summed E-state index contributed by atoms with van der Waals surface area (Å²) in [6, 6.07) is 8.79. The van der Waals surface area contributed by atoms with Gasteiger partial charge in [-0.1, -0.05) is 0 Å². The highest BCUT2D eigenvalue weighted by Crippen LogP contribution is 2.28. The molecular weight excluding hydrogens is 334 g/mol. The molecule has 26 heavy (non-hydrogen) atoms. The van der Waals surface area contributed by atoms with E-state index < -0.39 is 0 Å². The van der Waals surface area contributed by atoms with Crippen LogP contribution in [0, 0.1) is 0 Å². The van der Waals surface area contributed by atoms with Crippen LogP contribution in [0.3, 0.4) is 0 Å². The second kappa shape index (κ2) is 8.03. The van der Waals surface area contributed by atoms with Gasteiger partial charge in [0.2, 0.25) is 5.91 Å². The largest absolute Gasteiger partial charge is 0.457 e. The number of rotatable bonds is 7. The molecule has 1 saturated heterocycles. The van der Waals surface area contributed by atoms with Crippen molar-refractivity contribution in [1.82, 2.24) is 9.88 Å². The summed E-state index contributed by atoms with van der Waals surface area (Å²) in [6.07, 6.45) is 1.81. The molecule has 1 amide bonds. The number of nitrogens with zero attached hydrogens (tertiary/aromatic N) is 2. The van der Waals surface area contributed by atoms with Crippen molar-refractivity contribution in [1.29, 1.82) is 0 Å². The Bertz CT molecular complexity index is 777. The zero-order valence-electron chi connectivity index (χ0n) is 14.9. The lowest BCUT2D eigenvalue weighted by Gasteiger charge is -2.37. The fourth-order valence-electron chi connectivity index (χ4n) is 2.70. The lowest BCUT2D eigenvalue weighted by molar-refractivity contribution is -0.120. The van der Waals surface area contributed by atoms with Crippen LogP contribution in [0.25, 0.3) is 0 Å². The summed E-state index contributed by atoms with van der Waals surface area (Å²) in [7, 11) is 3.48. The molecule has 0 spiro atoms. The second-order valence-corrected chi connectivity index (χ2v) is 6.08. The Labute approximate surface area is 152 Å². The highest BCUT2D eigenvalue weighted by Gasteiger charge is 2.27. The zero-order valence-corrected chi connectivity index (χ0v) is 14.9. The lowest BCUT2D eigenvalue weighted by atomic mass is 10.2. The van der Waals surface area contributed by atoms with Gasteiger partial charge in [-0.3, -0.25) is 9.69 Å². The summed E-state index contributed by atoms with van der Waals surface area (Å²) in [5, 5.41) is 5.78. The van der Waals surface area contributed by atoms with Gasteiger partial charge >= 0.3 is 0 Å². The Morgan fingerprint density at radius 3 is 2.77 bits per heavy atom. The van der Waals surface area contributed by atoms with Crippen molar-refractivity contribution in [2.75, 3.05) is 50.2 Å². The molecule has 0 radical (unpaired) electrons. The molecule has 1 aromatic carbocycles. The SMILES string of the molecule is CNc1ccc(Oc2ccnc(NC(=O)CN3CC(OC)C3)c2)cc1N. The smallest absolute Gasteiger partial charge is 0.239 e. The molecule has 1 fully saturated rings. The molecule has 8 heteroatoms. The molecule has 0 saturated carbocycles. The van der Waals surface area contributed by atoms with Gasteiger partial charge in [0.05, 0.1) is 24.0 Å². The lowest BCUT2D eigenvalue weighted by Crippen LogP contribution is -2.54. The van der Waals surface area contributed by atoms with Crippen LogP contribution in [0.4, 0.5) is 17.2 Å². The average Bonchev–Trinajstić information content (AvgIpc) is 2.58. The fraction of sp³-hybridized carbons (Fsp3) is 0.333. The number of hydrogen-bond acceptors (Lipinski definition) is 7. The third-order valence-corrected chi connectivity index (χ3v) is 4.15. The highest BCUT2D eigenvalue weighted by atomic mass is 16.5. The van der Waals surface area contributed by atoms with Gasteiger partial charge < -0.3 is 25.8 Å². The summed E-state index contributed by atoms with van der Waals surface area (Å²) in [5.41, 5.74) is 7.37. The third kappa shape index (κ3) is 4.41. The van der Waals surface area contributed by atoms with Crippen LogP contribution in [0.1, 0.15) is 0 Å². The topological polar surface area (TPSA) is 102 Å². The van der Waals surface area contributed by atoms with Gasteiger partial charge in [0.1, 0.15) is 17.3 Å². The maximum Gasteiger partial charge on any atom is 0.239 e. The van der Waals surface area contributed by atoms with Crippen LogP contribution in [-0.4, -0.2) is 55.7 Å². The Morgan fingerprint density at radius 2 is 2.08 bits per heavy atom. The predicted molar refractivity (Wildman–Crippen MR) is 101 cm³/mol. The fourth-order valence-corrected chi connectivity index (χ4v) is 2.70. The summed E-state index contributed by atoms with van der Waals surface area (Å²) in [6.45, 7) is 1.85. The number of nitrogens with one attached hydrogen (secondary N) is 2. The molecule has 138 valence electrons. The maximum atomic E-state index is 12.1. The quantitative estimate of drug-likeness (QED) is 0.649. The number of pyridine rings is 1. The summed E-state index contributed by atoms with van der Waals surface area (Å²) in [5.74, 6) is 1.49. The van der Waals surface area contributed by atoms with E-state index in [4.69, 9.17) is 15.2 Å². The van der Waals surface area contributed by atoms with E-state index >= 15 is 0 Å². The number of ether oxygens (including phenoxy) is 2. The van der Waals surface area contributed by atoms with Crippen molar-refractivity contribution in [3.63, 3.8) is 0 Å². The first-order valence-electron chi connectivity index (χ1n) is 8.33. The molecule has 8 nitrogen and oxygen atoms in total. The number of aromatic nitrogens is 1. The molecule has 1 aromatic heterocycles. The predicted octanol–water partition coefficient (Wildman–Crippen LogP) is 1.77. The summed E-state index contributed by atoms with van der Waals surface area (Å²) < 4.78 is 11.0. The normalized spacial score (nSPS) is 14.5. The van der Waals surface area contributed by atoms with Crippen molar-refractivity contribution in [2.45, 2.75) is 6.10 Å². The summed E-state index contributed by atoms with van der Waals surface area (Å²) >= 11 is 0. The highest BCUT2D eigenvalue weighted by molar-refractivity contribution is 5.91. The van der Waals surface area contributed by atoms with E-state index in [-0.39, 0.29) is 12.0 Å². The minimum Gasteiger partial charge on any atom is -0.457 e. The van der Waals surface area contributed by atoms with Gasteiger partial charge in [-0.05, 0) is 18.2 Å². The number of carbonyl (C=O) groups excluding carboxylic acids is 1. The number of hydrogen-bond donors (Lipinski definition) is 3. The van der Waals surface area contributed by atoms with E-state index in [1.165, 1.54) is 0 Å². The third-order valence-electron chi connectivity index (χ3n) is 4.15. The molecule has 0 aliphatic carbocycles. The molecule has 0 atom stereocenters. The van der Waals surface area contributed by atoms with Crippen LogP contribution >= 0.6 is 0 Å². The monoisotopic (exact) mass is 357 g/mol. The molecule has 0 unspecified atom stereocenters. The number of benzene rings is 1. The van der Waals surface area contributed by atoms with Gasteiger partial charge in [-0.25, -0.2) is 4.98 Å². The number of carbonyl (C=O) groups is 1. The van der Waals surface area contributed by atoms with Crippen LogP contribution < -0.4 is 21.1 Å². The first-order valence-corrected chi connectivity index (χ1v) is 8.33. The van der Waals surface area contributed by atoms with Gasteiger partial charge in [-0.2, -0.15) is 0 Å². The Hall–Kier alpha value is -2.84. The van der Waals surface area contributed by atoms with Crippen molar-refractivity contribution in [3.8, 4) is 11.5 Å². The van der Waals surface area contributed by atoms with Crippen LogP contribution in [0.15, 0.2) is 36.5 Å². The first kappa shape index (κ1) is 18.0. The molecule has 3 rings (SSSR count). The van der Waals surface area contributed by atoms with Gasteiger partial charge in [-0.15, -0.1) is 0 Å². The number of amides is 1. The number of anilines is 3. The van der Waals surface area contributed by atoms with Crippen molar-refractivity contribution < 1.29 is 14.3 Å². The zero-order chi connectivity index (χ0) is 18.5. The van der Waals surface area contributed by atoms with Gasteiger partial charge in [0.25, 0.3) is 0 Å². The van der Waals surface area contributed by atoms with Crippen molar-refractivity contribution in [3.05, 3.63) is 36.5 Å². The Morgan fingerprint density at radius 1 is 1.31 bits per heavy atom.